The Hall–Kier alpha value is -6.35. The molecule has 66 heavy (non-hydrogen) atoms. The minimum Gasteiger partial charge on any atom is -0.507 e. The molecule has 7 aromatic carbocycles. The summed E-state index contributed by atoms with van der Waals surface area (Å²) in [6.45, 7) is 21.2. The van der Waals surface area contributed by atoms with Crippen LogP contribution in [0.5, 0.6) is 5.75 Å². The molecular formula is C61H58N3OPt-. The van der Waals surface area contributed by atoms with Crippen LogP contribution in [0.4, 0.5) is 0 Å². The van der Waals surface area contributed by atoms with Gasteiger partial charge in [0.05, 0.1) is 22.3 Å². The summed E-state index contributed by atoms with van der Waals surface area (Å²) in [4.78, 5) is 10.5. The molecular weight excluding hydrogens is 986 g/mol. The maximum Gasteiger partial charge on any atom is 0.148 e. The van der Waals surface area contributed by atoms with Gasteiger partial charge in [0.1, 0.15) is 11.6 Å². The van der Waals surface area contributed by atoms with Crippen molar-refractivity contribution < 1.29 is 27.5 Å². The summed E-state index contributed by atoms with van der Waals surface area (Å²) in [7, 11) is 0. The van der Waals surface area contributed by atoms with E-state index < -0.39 is 5.89 Å². The maximum atomic E-state index is 11.9. The molecule has 0 unspecified atom stereocenters. The molecule has 9 rings (SSSR count). The van der Waals surface area contributed by atoms with E-state index in [2.05, 4.69) is 193 Å². The molecule has 2 aromatic heterocycles. The smallest absolute Gasteiger partial charge is 0.148 e. The van der Waals surface area contributed by atoms with Gasteiger partial charge in [-0.05, 0) is 111 Å². The zero-order valence-electron chi connectivity index (χ0n) is 40.6. The largest absolute Gasteiger partial charge is 0.507 e. The predicted octanol–water partition coefficient (Wildman–Crippen LogP) is 16.3. The number of imidazole rings is 1. The molecule has 0 radical (unpaired) electrons. The Bertz CT molecular complexity index is 3260. The monoisotopic (exact) mass is 1040 g/mol. The van der Waals surface area contributed by atoms with Crippen molar-refractivity contribution >= 4 is 11.0 Å². The quantitative estimate of drug-likeness (QED) is 0.154. The van der Waals surface area contributed by atoms with Gasteiger partial charge in [-0.3, -0.25) is 9.55 Å². The van der Waals surface area contributed by atoms with Crippen LogP contribution in [0.1, 0.15) is 90.5 Å². The van der Waals surface area contributed by atoms with Crippen molar-refractivity contribution in [2.75, 3.05) is 0 Å². The fraction of sp³-hybridized carbons (Fsp3) is 0.213. The molecule has 0 spiro atoms. The summed E-state index contributed by atoms with van der Waals surface area (Å²) >= 11 is 0. The minimum absolute atomic E-state index is 0. The van der Waals surface area contributed by atoms with Crippen molar-refractivity contribution in [3.05, 3.63) is 192 Å². The molecule has 334 valence electrons. The van der Waals surface area contributed by atoms with Gasteiger partial charge >= 0.3 is 0 Å². The normalized spacial score (nSPS) is 12.2. The van der Waals surface area contributed by atoms with Gasteiger partial charge < -0.3 is 5.11 Å². The summed E-state index contributed by atoms with van der Waals surface area (Å²) in [6, 6.07) is 57.2. The molecule has 0 fully saturated rings. The Kier molecular flexibility index (Phi) is 12.3. The van der Waals surface area contributed by atoms with E-state index in [1.807, 2.05) is 45.2 Å². The predicted molar refractivity (Wildman–Crippen MR) is 273 cm³/mol. The van der Waals surface area contributed by atoms with E-state index in [1.165, 1.54) is 16.7 Å². The SMILES string of the molecule is [2H]C(C)(C)c1ccc(-n2c(-c3cc(C)cc(C)c3O)nc3c(-c4[c-]c(-c5cc(-c6ccc(-c7ccccc7)cc6)ccn5)cc(C(C)(C)C)c4)cccc32)c(-c2ccc(C(C)(C)C)cc2)c1.[Pt]. The number of hydrogen-bond acceptors (Lipinski definition) is 3. The average molecular weight is 1050 g/mol. The Morgan fingerprint density at radius 2 is 1.23 bits per heavy atom. The Labute approximate surface area is 407 Å². The van der Waals surface area contributed by atoms with Crippen LogP contribution < -0.4 is 0 Å². The molecule has 4 nitrogen and oxygen atoms in total. The molecule has 0 amide bonds. The van der Waals surface area contributed by atoms with Crippen molar-refractivity contribution in [1.82, 2.24) is 14.5 Å². The third-order valence-corrected chi connectivity index (χ3v) is 12.6. The molecule has 9 aromatic rings. The zero-order chi connectivity index (χ0) is 46.7. The van der Waals surface area contributed by atoms with Gasteiger partial charge in [-0.15, -0.1) is 29.3 Å². The molecule has 1 N–H and O–H groups in total. The van der Waals surface area contributed by atoms with Crippen molar-refractivity contribution in [1.29, 1.82) is 0 Å². The van der Waals surface area contributed by atoms with Gasteiger partial charge in [0.25, 0.3) is 0 Å². The second-order valence-electron chi connectivity index (χ2n) is 19.8. The molecule has 0 saturated heterocycles. The van der Waals surface area contributed by atoms with E-state index in [1.54, 1.807) is 0 Å². The van der Waals surface area contributed by atoms with E-state index >= 15 is 0 Å². The van der Waals surface area contributed by atoms with Gasteiger partial charge in [0.2, 0.25) is 0 Å². The summed E-state index contributed by atoms with van der Waals surface area (Å²) in [5.74, 6) is -0.000140. The fourth-order valence-electron chi connectivity index (χ4n) is 8.82. The van der Waals surface area contributed by atoms with Gasteiger partial charge in [-0.1, -0.05) is 176 Å². The standard InChI is InChI=1S/C61H58N3O.Pt/c1-38(2)45-25-28-55(52(36-45)44-23-26-49(27-24-44)60(5,6)7)64-56-18-14-17-51(57(56)63-59(64)53-32-39(3)31-40(4)58(53)65)47-33-48(35-50(34-47)61(8,9)10)54-37-46(29-30-62-54)43-21-19-42(20-22-43)41-15-12-11-13-16-41;/h11-32,34-38,65H,1-10H3;/q-1;/i38D;. The number of para-hydroxylation sites is 1. The van der Waals surface area contributed by atoms with Crippen LogP contribution in [0.2, 0.25) is 0 Å². The number of benzene rings is 7. The van der Waals surface area contributed by atoms with Crippen LogP contribution >= 0.6 is 0 Å². The van der Waals surface area contributed by atoms with Crippen LogP contribution in [0.3, 0.4) is 0 Å². The number of aryl methyl sites for hydroxylation is 2. The first-order valence-corrected chi connectivity index (χ1v) is 22.6. The van der Waals surface area contributed by atoms with E-state index in [0.717, 1.165) is 83.6 Å². The van der Waals surface area contributed by atoms with Crippen LogP contribution in [0.15, 0.2) is 158 Å². The van der Waals surface area contributed by atoms with Crippen molar-refractivity contribution in [2.45, 2.75) is 86.0 Å². The fourth-order valence-corrected chi connectivity index (χ4v) is 8.82. The van der Waals surface area contributed by atoms with Crippen LogP contribution in [0, 0.1) is 19.9 Å². The van der Waals surface area contributed by atoms with Crippen LogP contribution in [-0.4, -0.2) is 19.6 Å². The van der Waals surface area contributed by atoms with E-state index in [4.69, 9.17) is 11.3 Å². The third-order valence-electron chi connectivity index (χ3n) is 12.6. The van der Waals surface area contributed by atoms with E-state index in [9.17, 15) is 5.11 Å². The summed E-state index contributed by atoms with van der Waals surface area (Å²) in [5, 5.41) is 11.9. The first kappa shape index (κ1) is 44.8. The number of phenolic OH excluding ortho intramolecular Hbond substituents is 1. The molecule has 0 aliphatic carbocycles. The van der Waals surface area contributed by atoms with Gasteiger partial charge in [0, 0.05) is 39.9 Å². The number of nitrogens with zero attached hydrogens (tertiary/aromatic N) is 3. The Morgan fingerprint density at radius 1 is 0.591 bits per heavy atom. The maximum absolute atomic E-state index is 11.9. The molecule has 0 aliphatic heterocycles. The van der Waals surface area contributed by atoms with Crippen LogP contribution in [-0.2, 0) is 31.9 Å². The number of pyridine rings is 1. The number of aromatic nitrogens is 3. The van der Waals surface area contributed by atoms with Crippen LogP contribution in [0.25, 0.3) is 83.9 Å². The van der Waals surface area contributed by atoms with E-state index in [0.29, 0.717) is 11.4 Å². The number of fused-ring (bicyclic) bond motifs is 1. The molecule has 5 heteroatoms. The second kappa shape index (κ2) is 18.1. The third kappa shape index (κ3) is 9.09. The van der Waals surface area contributed by atoms with Crippen molar-refractivity contribution in [3.8, 4) is 78.6 Å². The molecule has 2 heterocycles. The van der Waals surface area contributed by atoms with E-state index in [-0.39, 0.29) is 37.6 Å². The topological polar surface area (TPSA) is 50.9 Å². The van der Waals surface area contributed by atoms with Crippen molar-refractivity contribution in [3.63, 3.8) is 0 Å². The summed E-state index contributed by atoms with van der Waals surface area (Å²) in [6.07, 6.45) is 1.89. The Balaban J connectivity index is 0.00000608. The number of hydrogen-bond donors (Lipinski definition) is 1. The number of aromatic hydroxyl groups is 1. The van der Waals surface area contributed by atoms with Crippen molar-refractivity contribution in [2.24, 2.45) is 0 Å². The molecule has 0 aliphatic rings. The summed E-state index contributed by atoms with van der Waals surface area (Å²) in [5.41, 5.74) is 18.3. The zero-order valence-corrected chi connectivity index (χ0v) is 41.9. The number of phenols is 1. The number of rotatable bonds is 8. The Morgan fingerprint density at radius 3 is 1.89 bits per heavy atom. The first-order valence-electron chi connectivity index (χ1n) is 23.1. The average Bonchev–Trinajstić information content (AvgIpc) is 3.69. The first-order chi connectivity index (χ1) is 31.3. The summed E-state index contributed by atoms with van der Waals surface area (Å²) < 4.78 is 11.3. The second-order valence-corrected chi connectivity index (χ2v) is 19.8. The van der Waals surface area contributed by atoms with Gasteiger partial charge in [0.15, 0.2) is 0 Å². The molecule has 0 saturated carbocycles. The molecule has 0 atom stereocenters. The van der Waals surface area contributed by atoms with Gasteiger partial charge in [-0.2, -0.15) is 0 Å². The molecule has 0 bridgehead atoms. The van der Waals surface area contributed by atoms with Gasteiger partial charge in [-0.25, -0.2) is 4.98 Å². The minimum atomic E-state index is -0.829.